The van der Waals surface area contributed by atoms with Gasteiger partial charge in [-0.3, -0.25) is 4.99 Å². The second kappa shape index (κ2) is 5.50. The van der Waals surface area contributed by atoms with Crippen LogP contribution in [-0.2, 0) is 0 Å². The van der Waals surface area contributed by atoms with Crippen molar-refractivity contribution in [1.29, 1.82) is 0 Å². The van der Waals surface area contributed by atoms with Gasteiger partial charge in [-0.15, -0.1) is 0 Å². The zero-order valence-corrected chi connectivity index (χ0v) is 10.8. The first-order valence-electron chi connectivity index (χ1n) is 6.12. The zero-order valence-electron chi connectivity index (χ0n) is 10.8. The van der Waals surface area contributed by atoms with E-state index < -0.39 is 0 Å². The van der Waals surface area contributed by atoms with Gasteiger partial charge in [-0.05, 0) is 19.4 Å². The van der Waals surface area contributed by atoms with E-state index in [9.17, 15) is 0 Å². The molecule has 1 unspecified atom stereocenters. The average Bonchev–Trinajstić information content (AvgIpc) is 2.40. The highest BCUT2D eigenvalue weighted by Gasteiger charge is 2.05. The predicted molar refractivity (Wildman–Crippen MR) is 76.8 cm³/mol. The van der Waals surface area contributed by atoms with E-state index in [2.05, 4.69) is 43.1 Å². The molecule has 0 aliphatic carbocycles. The quantitative estimate of drug-likeness (QED) is 0.645. The first-order valence-corrected chi connectivity index (χ1v) is 6.12. The minimum absolute atomic E-state index is 0.0748. The smallest absolute Gasteiger partial charge is 0.126 e. The summed E-state index contributed by atoms with van der Waals surface area (Å²) in [6.07, 6.45) is 0. The summed E-state index contributed by atoms with van der Waals surface area (Å²) in [7, 11) is 0. The van der Waals surface area contributed by atoms with Crippen LogP contribution in [0.15, 0.2) is 59.6 Å². The fraction of sp³-hybridized carbons (Fsp3) is 0.188. The Balaban J connectivity index is 2.20. The highest BCUT2D eigenvalue weighted by molar-refractivity contribution is 5.97. The van der Waals surface area contributed by atoms with Crippen molar-refractivity contribution in [3.05, 3.63) is 71.3 Å². The number of nitrogens with zero attached hydrogens (tertiary/aromatic N) is 1. The van der Waals surface area contributed by atoms with Crippen molar-refractivity contribution >= 4 is 5.84 Å². The SMILES string of the molecule is Cc1ccc(C(C)N=C(N)c2ccccc2)cc1. The third-order valence-electron chi connectivity index (χ3n) is 2.96. The Morgan fingerprint density at radius 1 is 1.00 bits per heavy atom. The van der Waals surface area contributed by atoms with Crippen molar-refractivity contribution in [2.45, 2.75) is 19.9 Å². The van der Waals surface area contributed by atoms with E-state index in [1.54, 1.807) is 0 Å². The largest absolute Gasteiger partial charge is 0.383 e. The maximum absolute atomic E-state index is 6.01. The molecule has 18 heavy (non-hydrogen) atoms. The van der Waals surface area contributed by atoms with Gasteiger partial charge < -0.3 is 5.73 Å². The molecule has 1 atom stereocenters. The minimum Gasteiger partial charge on any atom is -0.383 e. The summed E-state index contributed by atoms with van der Waals surface area (Å²) in [4.78, 5) is 4.54. The molecule has 0 fully saturated rings. The monoisotopic (exact) mass is 238 g/mol. The molecule has 0 amide bonds. The molecule has 2 aromatic carbocycles. The van der Waals surface area contributed by atoms with Gasteiger partial charge in [-0.1, -0.05) is 60.2 Å². The second-order valence-corrected chi connectivity index (χ2v) is 4.47. The van der Waals surface area contributed by atoms with Crippen LogP contribution in [0.3, 0.4) is 0 Å². The van der Waals surface area contributed by atoms with Crippen LogP contribution in [0.2, 0.25) is 0 Å². The van der Waals surface area contributed by atoms with E-state index in [0.717, 1.165) is 5.56 Å². The lowest BCUT2D eigenvalue weighted by atomic mass is 10.1. The zero-order chi connectivity index (χ0) is 13.0. The van der Waals surface area contributed by atoms with Gasteiger partial charge >= 0.3 is 0 Å². The molecule has 0 aliphatic rings. The molecular weight excluding hydrogens is 220 g/mol. The van der Waals surface area contributed by atoms with E-state index in [4.69, 9.17) is 5.73 Å². The molecule has 2 nitrogen and oxygen atoms in total. The first kappa shape index (κ1) is 12.4. The summed E-state index contributed by atoms with van der Waals surface area (Å²) >= 11 is 0. The number of amidine groups is 1. The van der Waals surface area contributed by atoms with Gasteiger partial charge in [0.05, 0.1) is 6.04 Å². The van der Waals surface area contributed by atoms with Crippen LogP contribution >= 0.6 is 0 Å². The summed E-state index contributed by atoms with van der Waals surface area (Å²) in [6.45, 7) is 4.14. The van der Waals surface area contributed by atoms with Gasteiger partial charge in [-0.2, -0.15) is 0 Å². The van der Waals surface area contributed by atoms with E-state index >= 15 is 0 Å². The molecule has 0 bridgehead atoms. The van der Waals surface area contributed by atoms with Gasteiger partial charge in [0.2, 0.25) is 0 Å². The summed E-state index contributed by atoms with van der Waals surface area (Å²) in [6, 6.07) is 18.3. The molecular formula is C16H18N2. The normalized spacial score (nSPS) is 13.3. The van der Waals surface area contributed by atoms with Gasteiger partial charge in [-0.25, -0.2) is 0 Å². The van der Waals surface area contributed by atoms with Crippen LogP contribution < -0.4 is 5.73 Å². The maximum atomic E-state index is 6.01. The Hall–Kier alpha value is -2.09. The van der Waals surface area contributed by atoms with Crippen molar-refractivity contribution in [3.63, 3.8) is 0 Å². The summed E-state index contributed by atoms with van der Waals surface area (Å²) in [5.74, 6) is 0.587. The van der Waals surface area contributed by atoms with E-state index in [1.165, 1.54) is 11.1 Å². The number of aryl methyl sites for hydroxylation is 1. The molecule has 2 aromatic rings. The van der Waals surface area contributed by atoms with Crippen LogP contribution in [0.1, 0.15) is 29.7 Å². The van der Waals surface area contributed by atoms with Gasteiger partial charge in [0.25, 0.3) is 0 Å². The predicted octanol–water partition coefficient (Wildman–Crippen LogP) is 3.46. The molecule has 0 saturated heterocycles. The van der Waals surface area contributed by atoms with E-state index in [-0.39, 0.29) is 6.04 Å². The number of rotatable bonds is 3. The summed E-state index contributed by atoms with van der Waals surface area (Å²) in [5, 5.41) is 0. The Morgan fingerprint density at radius 3 is 2.22 bits per heavy atom. The van der Waals surface area contributed by atoms with Crippen molar-refractivity contribution < 1.29 is 0 Å². The first-order chi connectivity index (χ1) is 8.66. The lowest BCUT2D eigenvalue weighted by Gasteiger charge is -2.09. The summed E-state index contributed by atoms with van der Waals surface area (Å²) < 4.78 is 0. The van der Waals surface area contributed by atoms with Crippen molar-refractivity contribution in [3.8, 4) is 0 Å². The number of benzene rings is 2. The third kappa shape index (κ3) is 2.98. The van der Waals surface area contributed by atoms with Crippen LogP contribution in [0.5, 0.6) is 0 Å². The standard InChI is InChI=1S/C16H18N2/c1-12-8-10-14(11-9-12)13(2)18-16(17)15-6-4-3-5-7-15/h3-11,13H,1-2H3,(H2,17,18). The third-order valence-corrected chi connectivity index (χ3v) is 2.96. The summed E-state index contributed by atoms with van der Waals surface area (Å²) in [5.41, 5.74) is 9.42. The van der Waals surface area contributed by atoms with Gasteiger partial charge in [0.15, 0.2) is 0 Å². The Morgan fingerprint density at radius 2 is 1.61 bits per heavy atom. The number of hydrogen-bond donors (Lipinski definition) is 1. The molecule has 0 saturated carbocycles. The number of nitrogens with two attached hydrogens (primary N) is 1. The highest BCUT2D eigenvalue weighted by atomic mass is 14.9. The van der Waals surface area contributed by atoms with Gasteiger partial charge in [0.1, 0.15) is 5.84 Å². The van der Waals surface area contributed by atoms with Crippen LogP contribution in [0, 0.1) is 6.92 Å². The lowest BCUT2D eigenvalue weighted by molar-refractivity contribution is 0.818. The lowest BCUT2D eigenvalue weighted by Crippen LogP contribution is -2.14. The van der Waals surface area contributed by atoms with Gasteiger partial charge in [0, 0.05) is 5.56 Å². The molecule has 92 valence electrons. The maximum Gasteiger partial charge on any atom is 0.126 e. The molecule has 2 N–H and O–H groups in total. The Labute approximate surface area is 108 Å². The van der Waals surface area contributed by atoms with Crippen molar-refractivity contribution in [2.24, 2.45) is 10.7 Å². The molecule has 0 radical (unpaired) electrons. The topological polar surface area (TPSA) is 38.4 Å². The van der Waals surface area contributed by atoms with E-state index in [0.29, 0.717) is 5.84 Å². The minimum atomic E-state index is 0.0748. The molecule has 2 heteroatoms. The molecule has 0 aliphatic heterocycles. The van der Waals surface area contributed by atoms with Crippen molar-refractivity contribution in [2.75, 3.05) is 0 Å². The highest BCUT2D eigenvalue weighted by Crippen LogP contribution is 2.17. The fourth-order valence-corrected chi connectivity index (χ4v) is 1.81. The molecule has 2 rings (SSSR count). The van der Waals surface area contributed by atoms with Crippen LogP contribution in [0.25, 0.3) is 0 Å². The van der Waals surface area contributed by atoms with Crippen molar-refractivity contribution in [1.82, 2.24) is 0 Å². The average molecular weight is 238 g/mol. The Bertz CT molecular complexity index is 527. The number of aliphatic imine (C=N–C) groups is 1. The molecule has 0 spiro atoms. The second-order valence-electron chi connectivity index (χ2n) is 4.47. The Kier molecular flexibility index (Phi) is 3.78. The molecule has 0 heterocycles. The van der Waals surface area contributed by atoms with E-state index in [1.807, 2.05) is 30.3 Å². The number of hydrogen-bond acceptors (Lipinski definition) is 1. The van der Waals surface area contributed by atoms with Crippen LogP contribution in [0.4, 0.5) is 0 Å². The molecule has 0 aromatic heterocycles. The van der Waals surface area contributed by atoms with Crippen LogP contribution in [-0.4, -0.2) is 5.84 Å². The fourth-order valence-electron chi connectivity index (χ4n) is 1.81.